The number of halogens is 1. The first-order valence-corrected chi connectivity index (χ1v) is 49.9. The number of Topliss-reactive ketones (excluding diaryl/α,β-unsaturated/α-hetero) is 1. The van der Waals surface area contributed by atoms with Crippen LogP contribution >= 0.6 is 0 Å². The number of aliphatic hydroxyl groups is 1. The first kappa shape index (κ1) is 108. The summed E-state index contributed by atoms with van der Waals surface area (Å²) in [7, 11) is -4.16. The molecule has 7 aliphatic rings. The summed E-state index contributed by atoms with van der Waals surface area (Å²) >= 11 is 0. The summed E-state index contributed by atoms with van der Waals surface area (Å²) in [5, 5.41) is 40.5. The number of aryl methyl sites for hydroxylation is 1. The van der Waals surface area contributed by atoms with Crippen LogP contribution in [0.15, 0.2) is 96.6 Å². The van der Waals surface area contributed by atoms with Gasteiger partial charge >= 0.3 is 0 Å². The second-order valence-corrected chi connectivity index (χ2v) is 38.2. The Labute approximate surface area is 801 Å². The topological polar surface area (TPSA) is 465 Å². The third kappa shape index (κ3) is 30.9. The van der Waals surface area contributed by atoms with E-state index in [1.54, 1.807) is 53.8 Å². The lowest BCUT2D eigenvalue weighted by atomic mass is 9.46. The zero-order valence-electron chi connectivity index (χ0n) is 79.6. The van der Waals surface area contributed by atoms with Gasteiger partial charge in [-0.2, -0.15) is 8.42 Å². The van der Waals surface area contributed by atoms with Gasteiger partial charge in [0, 0.05) is 85.3 Å². The van der Waals surface area contributed by atoms with Gasteiger partial charge in [0.15, 0.2) is 23.5 Å². The predicted octanol–water partition coefficient (Wildman–Crippen LogP) is 6.89. The SMILES string of the molecule is CCCC1O[C@@H]2CC3[C@@H]4C[C@H](F)C5=CC(=O)C=C[C@]5(C)C4[C@@H](O)C[C@]3(C)[C@]2(C(=O)CCc2ccc(NC(=O)[C@H](C)NC(=O)[C@@H](NC(=O)[C@@H](CCCCNC(=O)COC3CCCCCc4c3nnn4CCOCCOCCOCCOCCC(=O)NCCS(=O)(=O)O)NC(=O)CCOCCOCCOCCOCCNC(=O)CCC(=O)N3Cc4ccccc4C#Cc4ccccc43)C(C)C)cc2)O1. The predicted molar refractivity (Wildman–Crippen MR) is 501 cm³/mol. The van der Waals surface area contributed by atoms with E-state index in [-0.39, 0.29) is 197 Å². The minimum atomic E-state index is -4.16. The molecule has 3 heterocycles. The number of ketones is 2. The van der Waals surface area contributed by atoms with Crippen molar-refractivity contribution in [1.82, 2.24) is 46.9 Å². The number of carbonyl (C=O) groups excluding carboxylic acids is 10. The molecule has 3 saturated carbocycles. The first-order chi connectivity index (χ1) is 66.0. The molecule has 9 N–H and O–H groups in total. The molecule has 38 heteroatoms. The Balaban J connectivity index is 0.599. The number of unbranched alkanes of at least 4 members (excludes halogenated alkanes) is 1. The number of nitrogens with one attached hydrogen (secondary N) is 7. The lowest BCUT2D eigenvalue weighted by Gasteiger charge is -2.60. The number of anilines is 2. The summed E-state index contributed by atoms with van der Waals surface area (Å²) in [4.78, 5) is 137. The summed E-state index contributed by atoms with van der Waals surface area (Å²) in [6.07, 6.45) is 7.91. The van der Waals surface area contributed by atoms with Crippen LogP contribution in [0.2, 0.25) is 0 Å². The van der Waals surface area contributed by atoms with Crippen molar-refractivity contribution in [3.8, 4) is 11.8 Å². The van der Waals surface area contributed by atoms with Crippen LogP contribution in [0.5, 0.6) is 0 Å². The van der Waals surface area contributed by atoms with E-state index in [2.05, 4.69) is 59.4 Å². The second kappa shape index (κ2) is 53.6. The van der Waals surface area contributed by atoms with Crippen LogP contribution in [0, 0.1) is 46.3 Å². The molecule has 4 unspecified atom stereocenters. The summed E-state index contributed by atoms with van der Waals surface area (Å²) in [6, 6.07) is 18.7. The molecule has 0 spiro atoms. The summed E-state index contributed by atoms with van der Waals surface area (Å²) in [5.74, 6) is 0.385. The van der Waals surface area contributed by atoms with Crippen molar-refractivity contribution in [2.24, 2.45) is 34.5 Å². The van der Waals surface area contributed by atoms with Crippen molar-refractivity contribution in [2.75, 3.05) is 148 Å². The Morgan fingerprint density at radius 1 is 0.664 bits per heavy atom. The number of alkyl halides is 1. The molecular weight excluding hydrogens is 1790 g/mol. The number of allylic oxidation sites excluding steroid dienone is 4. The number of aliphatic hydroxyl groups excluding tert-OH is 1. The van der Waals surface area contributed by atoms with E-state index in [1.807, 2.05) is 69.3 Å². The number of hydrogen-bond acceptors (Lipinski definition) is 26. The highest BCUT2D eigenvalue weighted by molar-refractivity contribution is 7.85. The number of aromatic nitrogens is 3. The lowest BCUT2D eigenvalue weighted by Crippen LogP contribution is -2.64. The van der Waals surface area contributed by atoms with Gasteiger partial charge in [-0.3, -0.25) is 52.5 Å². The number of nitrogens with zero attached hydrogens (tertiary/aromatic N) is 4. The quantitative estimate of drug-likeness (QED) is 0.0123. The highest BCUT2D eigenvalue weighted by Crippen LogP contribution is 2.70. The van der Waals surface area contributed by atoms with Gasteiger partial charge in [-0.15, -0.1) is 5.10 Å². The summed E-state index contributed by atoms with van der Waals surface area (Å²) in [5.41, 5.74) is 3.22. The van der Waals surface area contributed by atoms with E-state index in [1.165, 1.54) is 19.1 Å². The molecule has 752 valence electrons. The number of rotatable bonds is 58. The van der Waals surface area contributed by atoms with Crippen LogP contribution in [-0.4, -0.2) is 278 Å². The van der Waals surface area contributed by atoms with Crippen molar-refractivity contribution >= 4 is 80.3 Å². The average Bonchev–Trinajstić information content (AvgIpc) is 1.52. The molecule has 1 aromatic heterocycles. The lowest BCUT2D eigenvalue weighted by molar-refractivity contribution is -0.201. The molecule has 0 radical (unpaired) electrons. The Morgan fingerprint density at radius 3 is 1.98 bits per heavy atom. The number of fused-ring (bicyclic) bond motifs is 10. The number of benzene rings is 3. The number of amides is 8. The van der Waals surface area contributed by atoms with Crippen LogP contribution in [0.4, 0.5) is 15.8 Å². The maximum atomic E-state index is 16.3. The van der Waals surface area contributed by atoms with Gasteiger partial charge in [0.05, 0.1) is 148 Å². The van der Waals surface area contributed by atoms with E-state index in [0.717, 1.165) is 53.6 Å². The highest BCUT2D eigenvalue weighted by atomic mass is 32.2. The van der Waals surface area contributed by atoms with Crippen molar-refractivity contribution in [3.63, 3.8) is 0 Å². The normalized spacial score (nSPS) is 23.1. The number of hydrogen-bond donors (Lipinski definition) is 9. The summed E-state index contributed by atoms with van der Waals surface area (Å²) in [6.45, 7) is 15.6. The third-order valence-electron chi connectivity index (χ3n) is 26.5. The molecule has 3 aromatic carbocycles. The van der Waals surface area contributed by atoms with Gasteiger partial charge in [-0.1, -0.05) is 119 Å². The van der Waals surface area contributed by atoms with Gasteiger partial charge in [-0.25, -0.2) is 9.07 Å². The number of ether oxygens (including phenoxy) is 11. The van der Waals surface area contributed by atoms with Gasteiger partial charge in [0.1, 0.15) is 42.7 Å². The molecule has 4 fully saturated rings. The molecule has 36 nitrogen and oxygen atoms in total. The largest absolute Gasteiger partial charge is 0.393 e. The fourth-order valence-electron chi connectivity index (χ4n) is 19.5. The van der Waals surface area contributed by atoms with Gasteiger partial charge < -0.3 is 99.3 Å². The van der Waals surface area contributed by atoms with Gasteiger partial charge in [0.2, 0.25) is 47.3 Å². The van der Waals surface area contributed by atoms with Gasteiger partial charge in [-0.05, 0) is 154 Å². The average molecular weight is 1930 g/mol. The van der Waals surface area contributed by atoms with Crippen LogP contribution in [0.3, 0.4) is 0 Å². The molecule has 1 saturated heterocycles. The second-order valence-electron chi connectivity index (χ2n) is 36.6. The molecule has 5 aliphatic carbocycles. The Morgan fingerprint density at radius 2 is 1.29 bits per heavy atom. The van der Waals surface area contributed by atoms with Crippen LogP contribution < -0.4 is 42.1 Å². The molecule has 137 heavy (non-hydrogen) atoms. The monoisotopic (exact) mass is 1930 g/mol. The van der Waals surface area contributed by atoms with E-state index < -0.39 is 117 Å². The standard InChI is InChI=1S/C99H138FN11O25S/c1-7-17-90-135-84-62-75-74-61-77(100)76-60-73(112)35-38-97(76,5)91(74)81(113)63-98(75,6)99(84,136-90)83(114)32-27-68-25-30-72(31-26-68)105-94(120)67(4)104-96(122)92(66(2)3)107-95(121)78(106-87(117)37-44-127-48-52-131-55-57-132-53-49-128-45-40-102-85(115)33-34-89(119)110-64-71-20-12-11-18-69(71)28-29-70-19-13-14-22-79(70)110)21-15-16-39-101-88(118)65-134-82-24-10-8-9-23-80-93(82)108-109-111(80)42-46-129-50-54-133-58-56-130-51-47-126-43-36-86(116)103-41-59-137(123,124)125/h11-14,18-20,22,25-26,30-31,35,38,60,66-67,74-75,77-78,81-82,84,90-92,113H,7-10,15-17,21,23-24,27,32-34,36-37,39-59,61-65H2,1-6H3,(H,101,118)(H,102,115)(H,103,116)(H,104,122)(H,105,120)(H,106,117)(H,107,121)(H,123,124,125)/t67-,74-,75?,77-,78+,81-,82?,84+,90?,91?,92-,97-,98-,99+/m0/s1. The Hall–Kier alpha value is -9.70. The molecule has 4 aromatic rings. The molecular formula is C99H138FN11O25S. The van der Waals surface area contributed by atoms with Crippen molar-refractivity contribution in [3.05, 3.63) is 130 Å². The Kier molecular flexibility index (Phi) is 42.2. The first-order valence-electron chi connectivity index (χ1n) is 48.3. The molecule has 2 aliphatic heterocycles. The maximum absolute atomic E-state index is 16.3. The van der Waals surface area contributed by atoms with Crippen molar-refractivity contribution < 1.29 is 123 Å². The Bertz CT molecular complexity index is 4950. The molecule has 11 rings (SSSR count). The number of para-hydroxylation sites is 1. The van der Waals surface area contributed by atoms with Crippen LogP contribution in [0.25, 0.3) is 0 Å². The van der Waals surface area contributed by atoms with Crippen LogP contribution in [0.1, 0.15) is 190 Å². The van der Waals surface area contributed by atoms with Crippen molar-refractivity contribution in [2.45, 2.75) is 231 Å². The molecule has 0 bridgehead atoms. The number of carbonyl (C=O) groups is 10. The zero-order valence-corrected chi connectivity index (χ0v) is 80.5. The zero-order chi connectivity index (χ0) is 97.9. The van der Waals surface area contributed by atoms with Crippen LogP contribution in [-0.2, 0) is 136 Å². The fourth-order valence-corrected chi connectivity index (χ4v) is 19.9. The fraction of sp³-hybridized carbons (Fsp3) is 0.636. The summed E-state index contributed by atoms with van der Waals surface area (Å²) < 4.78 is 113. The maximum Gasteiger partial charge on any atom is 0.266 e. The molecule has 8 amide bonds. The van der Waals surface area contributed by atoms with E-state index in [9.17, 15) is 56.7 Å². The van der Waals surface area contributed by atoms with E-state index in [0.29, 0.717) is 114 Å². The highest BCUT2D eigenvalue weighted by Gasteiger charge is 2.76. The van der Waals surface area contributed by atoms with E-state index >= 15 is 9.18 Å². The minimum absolute atomic E-state index is 0.00870. The third-order valence-corrected chi connectivity index (χ3v) is 27.3. The smallest absolute Gasteiger partial charge is 0.266 e. The van der Waals surface area contributed by atoms with Crippen molar-refractivity contribution in [1.29, 1.82) is 0 Å². The molecule has 14 atom stereocenters. The van der Waals surface area contributed by atoms with E-state index in [4.69, 9.17) is 56.7 Å². The minimum Gasteiger partial charge on any atom is -0.393 e. The van der Waals surface area contributed by atoms with Gasteiger partial charge in [0.25, 0.3) is 10.1 Å².